The normalized spacial score (nSPS) is 16.4. The van der Waals surface area contributed by atoms with Crippen LogP contribution in [0.4, 0.5) is 0 Å². The highest BCUT2D eigenvalue weighted by Gasteiger charge is 2.30. The average Bonchev–Trinajstić information content (AvgIpc) is 3.18. The summed E-state index contributed by atoms with van der Waals surface area (Å²) >= 11 is 0. The van der Waals surface area contributed by atoms with Gasteiger partial charge >= 0.3 is 0 Å². The largest absolute Gasteiger partial charge is 0.493 e. The molecule has 0 spiro atoms. The van der Waals surface area contributed by atoms with E-state index in [1.165, 1.54) is 0 Å². The lowest BCUT2D eigenvalue weighted by Crippen LogP contribution is -2.31. The van der Waals surface area contributed by atoms with E-state index in [-0.39, 0.29) is 11.9 Å². The van der Waals surface area contributed by atoms with Crippen LogP contribution in [0.15, 0.2) is 48.5 Å². The zero-order valence-corrected chi connectivity index (χ0v) is 15.3. The average molecular weight is 355 g/mol. The molecule has 0 bridgehead atoms. The van der Waals surface area contributed by atoms with E-state index in [1.54, 1.807) is 14.2 Å². The highest BCUT2D eigenvalue weighted by atomic mass is 16.5. The van der Waals surface area contributed by atoms with Crippen molar-refractivity contribution in [3.05, 3.63) is 54.1 Å². The van der Waals surface area contributed by atoms with Gasteiger partial charge in [0.2, 0.25) is 5.91 Å². The van der Waals surface area contributed by atoms with Crippen LogP contribution in [0.25, 0.3) is 0 Å². The fraction of sp³-hybridized carbons (Fsp3) is 0.381. The Labute approximate surface area is 154 Å². The minimum Gasteiger partial charge on any atom is -0.493 e. The van der Waals surface area contributed by atoms with Gasteiger partial charge in [-0.2, -0.15) is 0 Å². The SMILES string of the molecule is COc1ccc(C2CCCN2C(=O)CCOc2ccccc2)cc1OC. The maximum atomic E-state index is 12.7. The van der Waals surface area contributed by atoms with Crippen molar-refractivity contribution in [2.45, 2.75) is 25.3 Å². The lowest BCUT2D eigenvalue weighted by Gasteiger charge is -2.26. The number of likely N-dealkylation sites (tertiary alicyclic amines) is 1. The Morgan fingerprint density at radius 1 is 1.08 bits per heavy atom. The third-order valence-corrected chi connectivity index (χ3v) is 4.69. The van der Waals surface area contributed by atoms with Gasteiger partial charge in [0, 0.05) is 6.54 Å². The first-order valence-electron chi connectivity index (χ1n) is 8.92. The predicted octanol–water partition coefficient (Wildman–Crippen LogP) is 3.84. The summed E-state index contributed by atoms with van der Waals surface area (Å²) < 4.78 is 16.4. The van der Waals surface area contributed by atoms with Crippen molar-refractivity contribution in [2.75, 3.05) is 27.4 Å². The van der Waals surface area contributed by atoms with Gasteiger partial charge in [0.05, 0.1) is 33.3 Å². The van der Waals surface area contributed by atoms with E-state index in [4.69, 9.17) is 14.2 Å². The molecule has 1 saturated heterocycles. The second-order valence-corrected chi connectivity index (χ2v) is 6.27. The van der Waals surface area contributed by atoms with Crippen LogP contribution in [0.2, 0.25) is 0 Å². The van der Waals surface area contributed by atoms with Gasteiger partial charge in [-0.15, -0.1) is 0 Å². The molecule has 1 atom stereocenters. The van der Waals surface area contributed by atoms with E-state index in [0.29, 0.717) is 24.5 Å². The zero-order chi connectivity index (χ0) is 18.4. The molecule has 0 N–H and O–H groups in total. The molecule has 1 unspecified atom stereocenters. The van der Waals surface area contributed by atoms with Crippen LogP contribution < -0.4 is 14.2 Å². The van der Waals surface area contributed by atoms with E-state index in [2.05, 4.69) is 0 Å². The summed E-state index contributed by atoms with van der Waals surface area (Å²) in [6, 6.07) is 15.5. The summed E-state index contributed by atoms with van der Waals surface area (Å²) in [5.74, 6) is 2.30. The second-order valence-electron chi connectivity index (χ2n) is 6.27. The number of hydrogen-bond acceptors (Lipinski definition) is 4. The number of carbonyl (C=O) groups excluding carboxylic acids is 1. The van der Waals surface area contributed by atoms with Crippen molar-refractivity contribution >= 4 is 5.91 Å². The lowest BCUT2D eigenvalue weighted by molar-refractivity contribution is -0.132. The molecular formula is C21H25NO4. The Balaban J connectivity index is 1.63. The first-order valence-corrected chi connectivity index (χ1v) is 8.92. The van der Waals surface area contributed by atoms with Crippen molar-refractivity contribution < 1.29 is 19.0 Å². The van der Waals surface area contributed by atoms with Gasteiger partial charge in [-0.1, -0.05) is 24.3 Å². The number of hydrogen-bond donors (Lipinski definition) is 0. The number of benzene rings is 2. The Bertz CT molecular complexity index is 732. The Morgan fingerprint density at radius 3 is 2.58 bits per heavy atom. The number of ether oxygens (including phenoxy) is 3. The van der Waals surface area contributed by atoms with E-state index in [9.17, 15) is 4.79 Å². The van der Waals surface area contributed by atoms with Crippen molar-refractivity contribution in [3.63, 3.8) is 0 Å². The fourth-order valence-corrected chi connectivity index (χ4v) is 3.39. The molecule has 1 heterocycles. The first kappa shape index (κ1) is 18.1. The molecule has 0 radical (unpaired) electrons. The Morgan fingerprint density at radius 2 is 1.85 bits per heavy atom. The van der Waals surface area contributed by atoms with E-state index < -0.39 is 0 Å². The maximum Gasteiger partial charge on any atom is 0.226 e. The summed E-state index contributed by atoms with van der Waals surface area (Å²) in [4.78, 5) is 14.6. The summed E-state index contributed by atoms with van der Waals surface area (Å²) in [6.45, 7) is 1.17. The lowest BCUT2D eigenvalue weighted by atomic mass is 10.0. The Kier molecular flexibility index (Phi) is 6.00. The van der Waals surface area contributed by atoms with Crippen LogP contribution in [0.1, 0.15) is 30.9 Å². The highest BCUT2D eigenvalue weighted by Crippen LogP contribution is 2.37. The monoisotopic (exact) mass is 355 g/mol. The highest BCUT2D eigenvalue weighted by molar-refractivity contribution is 5.77. The molecule has 26 heavy (non-hydrogen) atoms. The summed E-state index contributed by atoms with van der Waals surface area (Å²) in [7, 11) is 3.25. The standard InChI is InChI=1S/C21H25NO4/c1-24-19-11-10-16(15-20(19)25-2)18-9-6-13-22(18)21(23)12-14-26-17-7-4-3-5-8-17/h3-5,7-8,10-11,15,18H,6,9,12-14H2,1-2H3. The molecule has 3 rings (SSSR count). The molecule has 5 heteroatoms. The van der Waals surface area contributed by atoms with E-state index >= 15 is 0 Å². The molecular weight excluding hydrogens is 330 g/mol. The predicted molar refractivity (Wildman–Crippen MR) is 99.8 cm³/mol. The first-order chi connectivity index (χ1) is 12.7. The summed E-state index contributed by atoms with van der Waals surface area (Å²) in [5, 5.41) is 0. The van der Waals surface area contributed by atoms with Crippen LogP contribution in [-0.2, 0) is 4.79 Å². The van der Waals surface area contributed by atoms with Gasteiger partial charge in [-0.3, -0.25) is 4.79 Å². The zero-order valence-electron chi connectivity index (χ0n) is 15.3. The van der Waals surface area contributed by atoms with Crippen molar-refractivity contribution in [2.24, 2.45) is 0 Å². The molecule has 2 aromatic rings. The number of amides is 1. The van der Waals surface area contributed by atoms with E-state index in [0.717, 1.165) is 30.7 Å². The molecule has 1 aliphatic rings. The van der Waals surface area contributed by atoms with Gasteiger partial charge in [-0.05, 0) is 42.7 Å². The van der Waals surface area contributed by atoms with Crippen molar-refractivity contribution in [3.8, 4) is 17.2 Å². The quantitative estimate of drug-likeness (QED) is 0.757. The van der Waals surface area contributed by atoms with Crippen LogP contribution in [0.3, 0.4) is 0 Å². The van der Waals surface area contributed by atoms with Gasteiger partial charge in [-0.25, -0.2) is 0 Å². The third kappa shape index (κ3) is 4.10. The van der Waals surface area contributed by atoms with Crippen molar-refractivity contribution in [1.82, 2.24) is 4.90 Å². The third-order valence-electron chi connectivity index (χ3n) is 4.69. The van der Waals surface area contributed by atoms with Crippen LogP contribution in [-0.4, -0.2) is 38.2 Å². The minimum absolute atomic E-state index is 0.0824. The maximum absolute atomic E-state index is 12.7. The number of para-hydroxylation sites is 1. The van der Waals surface area contributed by atoms with Gasteiger partial charge < -0.3 is 19.1 Å². The fourth-order valence-electron chi connectivity index (χ4n) is 3.39. The molecule has 1 fully saturated rings. The summed E-state index contributed by atoms with van der Waals surface area (Å²) in [5.41, 5.74) is 1.08. The molecule has 1 aliphatic heterocycles. The molecule has 138 valence electrons. The number of nitrogens with zero attached hydrogens (tertiary/aromatic N) is 1. The van der Waals surface area contributed by atoms with Gasteiger partial charge in [0.1, 0.15) is 5.75 Å². The molecule has 5 nitrogen and oxygen atoms in total. The van der Waals surface area contributed by atoms with Gasteiger partial charge in [0.25, 0.3) is 0 Å². The summed E-state index contributed by atoms with van der Waals surface area (Å²) in [6.07, 6.45) is 2.34. The smallest absolute Gasteiger partial charge is 0.226 e. The van der Waals surface area contributed by atoms with Crippen molar-refractivity contribution in [1.29, 1.82) is 0 Å². The Hall–Kier alpha value is -2.69. The number of methoxy groups -OCH3 is 2. The van der Waals surface area contributed by atoms with E-state index in [1.807, 2.05) is 53.4 Å². The topological polar surface area (TPSA) is 48.0 Å². The van der Waals surface area contributed by atoms with Gasteiger partial charge in [0.15, 0.2) is 11.5 Å². The molecule has 2 aromatic carbocycles. The molecule has 0 aliphatic carbocycles. The number of rotatable bonds is 7. The van der Waals surface area contributed by atoms with Crippen LogP contribution >= 0.6 is 0 Å². The molecule has 0 saturated carbocycles. The van der Waals surface area contributed by atoms with Crippen LogP contribution in [0.5, 0.6) is 17.2 Å². The van der Waals surface area contributed by atoms with Crippen LogP contribution in [0, 0.1) is 0 Å². The molecule has 0 aromatic heterocycles. The number of carbonyl (C=O) groups is 1. The minimum atomic E-state index is 0.0824. The molecule has 1 amide bonds. The second kappa shape index (κ2) is 8.61.